The summed E-state index contributed by atoms with van der Waals surface area (Å²) in [7, 11) is -1.56. The first-order valence-corrected chi connectivity index (χ1v) is 6.63. The molecule has 0 unspecified atom stereocenters. The highest BCUT2D eigenvalue weighted by molar-refractivity contribution is 6.59. The number of aromatic nitrogens is 2. The Kier molecular flexibility index (Phi) is 3.44. The van der Waals surface area contributed by atoms with Gasteiger partial charge >= 0.3 is 7.12 Å². The monoisotopic (exact) mass is 306 g/mol. The molecule has 0 amide bonds. The van der Waals surface area contributed by atoms with Gasteiger partial charge in [0.05, 0.1) is 16.2 Å². The smallest absolute Gasteiger partial charge is 0.423 e. The third-order valence-electron chi connectivity index (χ3n) is 3.02. The molecule has 7 heteroatoms. The fraction of sp³-hybridized carbons (Fsp3) is 0. The molecule has 0 aliphatic heterocycles. The number of fused-ring (bicyclic) bond motifs is 1. The number of hydrogen-bond donors (Lipinski definition) is 2. The predicted octanol–water partition coefficient (Wildman–Crippen LogP) is 2.01. The molecule has 0 aliphatic carbocycles. The minimum Gasteiger partial charge on any atom is -0.423 e. The van der Waals surface area contributed by atoms with Crippen molar-refractivity contribution in [2.45, 2.75) is 0 Å². The van der Waals surface area contributed by atoms with Gasteiger partial charge in [0.1, 0.15) is 5.15 Å². The van der Waals surface area contributed by atoms with Gasteiger partial charge in [-0.2, -0.15) is 5.10 Å². The summed E-state index contributed by atoms with van der Waals surface area (Å²) in [6.45, 7) is 0. The van der Waals surface area contributed by atoms with E-state index in [-0.39, 0.29) is 0 Å². The molecule has 0 saturated heterocycles. The van der Waals surface area contributed by atoms with E-state index in [4.69, 9.17) is 33.2 Å². The molecule has 1 aromatic heterocycles. The summed E-state index contributed by atoms with van der Waals surface area (Å²) in [5.74, 6) is 0. The minimum atomic E-state index is -1.56. The van der Waals surface area contributed by atoms with Gasteiger partial charge in [0.2, 0.25) is 0 Å². The maximum Gasteiger partial charge on any atom is 0.488 e. The van der Waals surface area contributed by atoms with Crippen LogP contribution in [0.1, 0.15) is 0 Å². The first-order chi connectivity index (χ1) is 9.58. The summed E-state index contributed by atoms with van der Waals surface area (Å²) in [5.41, 5.74) is 1.66. The molecule has 3 aromatic rings. The summed E-state index contributed by atoms with van der Waals surface area (Å²) < 4.78 is 1.53. The molecule has 4 nitrogen and oxygen atoms in total. The average Bonchev–Trinajstić information content (AvgIpc) is 2.76. The van der Waals surface area contributed by atoms with Crippen molar-refractivity contribution in [3.05, 3.63) is 52.6 Å². The van der Waals surface area contributed by atoms with Gasteiger partial charge in [0, 0.05) is 5.39 Å². The Labute approximate surface area is 125 Å². The molecular formula is C13H9BCl2N2O2. The summed E-state index contributed by atoms with van der Waals surface area (Å²) in [6, 6.07) is 12.2. The average molecular weight is 307 g/mol. The quantitative estimate of drug-likeness (QED) is 0.712. The Morgan fingerprint density at radius 3 is 2.45 bits per heavy atom. The lowest BCUT2D eigenvalue weighted by atomic mass is 9.80. The Bertz CT molecular complexity index is 789. The van der Waals surface area contributed by atoms with Gasteiger partial charge in [-0.05, 0) is 29.7 Å². The molecule has 2 N–H and O–H groups in total. The Hall–Kier alpha value is -1.53. The third-order valence-corrected chi connectivity index (χ3v) is 3.68. The van der Waals surface area contributed by atoms with Crippen molar-refractivity contribution in [1.82, 2.24) is 9.78 Å². The number of rotatable bonds is 2. The molecular weight excluding hydrogens is 298 g/mol. The number of hydrogen-bond acceptors (Lipinski definition) is 3. The van der Waals surface area contributed by atoms with Crippen LogP contribution in [0, 0.1) is 0 Å². The number of halogens is 2. The number of benzene rings is 2. The highest BCUT2D eigenvalue weighted by Crippen LogP contribution is 2.28. The Morgan fingerprint density at radius 2 is 1.80 bits per heavy atom. The molecule has 0 atom stereocenters. The van der Waals surface area contributed by atoms with E-state index >= 15 is 0 Å². The van der Waals surface area contributed by atoms with Gasteiger partial charge in [0.15, 0.2) is 0 Å². The fourth-order valence-electron chi connectivity index (χ4n) is 2.02. The van der Waals surface area contributed by atoms with Crippen molar-refractivity contribution in [3.63, 3.8) is 0 Å². The van der Waals surface area contributed by atoms with Crippen LogP contribution in [0.5, 0.6) is 0 Å². The van der Waals surface area contributed by atoms with Gasteiger partial charge in [-0.25, -0.2) is 4.68 Å². The van der Waals surface area contributed by atoms with Crippen LogP contribution in [-0.2, 0) is 0 Å². The van der Waals surface area contributed by atoms with Crippen LogP contribution in [-0.4, -0.2) is 26.9 Å². The normalized spacial score (nSPS) is 11.0. The lowest BCUT2D eigenvalue weighted by Gasteiger charge is -2.07. The largest absolute Gasteiger partial charge is 0.488 e. The van der Waals surface area contributed by atoms with Crippen LogP contribution >= 0.6 is 23.2 Å². The summed E-state index contributed by atoms with van der Waals surface area (Å²) >= 11 is 12.5. The van der Waals surface area contributed by atoms with E-state index in [0.29, 0.717) is 21.3 Å². The molecule has 100 valence electrons. The molecule has 0 spiro atoms. The maximum atomic E-state index is 9.13. The Balaban J connectivity index is 2.18. The van der Waals surface area contributed by atoms with Gasteiger partial charge in [-0.3, -0.25) is 0 Å². The van der Waals surface area contributed by atoms with E-state index < -0.39 is 7.12 Å². The zero-order valence-corrected chi connectivity index (χ0v) is 11.7. The lowest BCUT2D eigenvalue weighted by Crippen LogP contribution is -2.29. The summed E-state index contributed by atoms with van der Waals surface area (Å²) in [5, 5.41) is 24.3. The van der Waals surface area contributed by atoms with Crippen LogP contribution in [0.4, 0.5) is 0 Å². The standard InChI is InChI=1S/C13H9BCl2N2O2/c15-10-7-8(14(19)20)5-6-12(10)18-13(16)9-3-1-2-4-11(9)17-18/h1-7,19-20H. The SMILES string of the molecule is OB(O)c1ccc(-n2nc3ccccc3c2Cl)c(Cl)c1. The molecule has 0 bridgehead atoms. The van der Waals surface area contributed by atoms with E-state index in [1.165, 1.54) is 10.7 Å². The van der Waals surface area contributed by atoms with Gasteiger partial charge in [-0.1, -0.05) is 41.4 Å². The molecule has 1 heterocycles. The molecule has 3 rings (SSSR count). The second-order valence-corrected chi connectivity index (χ2v) is 5.07. The van der Waals surface area contributed by atoms with Gasteiger partial charge < -0.3 is 10.0 Å². The van der Waals surface area contributed by atoms with Gasteiger partial charge in [0.25, 0.3) is 0 Å². The van der Waals surface area contributed by atoms with E-state index in [0.717, 1.165) is 10.9 Å². The fourth-order valence-corrected chi connectivity index (χ4v) is 2.57. The molecule has 0 radical (unpaired) electrons. The van der Waals surface area contributed by atoms with E-state index in [1.54, 1.807) is 12.1 Å². The number of nitrogens with zero attached hydrogens (tertiary/aromatic N) is 2. The summed E-state index contributed by atoms with van der Waals surface area (Å²) in [6.07, 6.45) is 0. The minimum absolute atomic E-state index is 0.312. The van der Waals surface area contributed by atoms with Crippen molar-refractivity contribution in [3.8, 4) is 5.69 Å². The second kappa shape index (κ2) is 5.11. The second-order valence-electron chi connectivity index (χ2n) is 4.30. The topological polar surface area (TPSA) is 58.3 Å². The van der Waals surface area contributed by atoms with E-state index in [2.05, 4.69) is 5.10 Å². The maximum absolute atomic E-state index is 9.13. The van der Waals surface area contributed by atoms with Crippen LogP contribution in [0.2, 0.25) is 10.2 Å². The van der Waals surface area contributed by atoms with Crippen molar-refractivity contribution >= 4 is 46.7 Å². The molecule has 0 saturated carbocycles. The first-order valence-electron chi connectivity index (χ1n) is 5.87. The van der Waals surface area contributed by atoms with Crippen LogP contribution in [0.15, 0.2) is 42.5 Å². The zero-order valence-electron chi connectivity index (χ0n) is 10.2. The molecule has 0 aliphatic rings. The molecule has 2 aromatic carbocycles. The molecule has 20 heavy (non-hydrogen) atoms. The highest BCUT2D eigenvalue weighted by atomic mass is 35.5. The highest BCUT2D eigenvalue weighted by Gasteiger charge is 2.16. The lowest BCUT2D eigenvalue weighted by molar-refractivity contribution is 0.426. The summed E-state index contributed by atoms with van der Waals surface area (Å²) in [4.78, 5) is 0. The molecule has 0 fully saturated rings. The van der Waals surface area contributed by atoms with Crippen molar-refractivity contribution in [1.29, 1.82) is 0 Å². The first kappa shape index (κ1) is 13.5. The van der Waals surface area contributed by atoms with E-state index in [9.17, 15) is 0 Å². The third kappa shape index (κ3) is 2.19. The van der Waals surface area contributed by atoms with Crippen molar-refractivity contribution in [2.24, 2.45) is 0 Å². The predicted molar refractivity (Wildman–Crippen MR) is 80.9 cm³/mol. The van der Waals surface area contributed by atoms with Crippen molar-refractivity contribution in [2.75, 3.05) is 0 Å². The van der Waals surface area contributed by atoms with Gasteiger partial charge in [-0.15, -0.1) is 0 Å². The van der Waals surface area contributed by atoms with E-state index in [1.807, 2.05) is 24.3 Å². The zero-order chi connectivity index (χ0) is 14.3. The Morgan fingerprint density at radius 1 is 1.05 bits per heavy atom. The van der Waals surface area contributed by atoms with Crippen LogP contribution in [0.3, 0.4) is 0 Å². The van der Waals surface area contributed by atoms with Crippen LogP contribution in [0.25, 0.3) is 16.6 Å². The van der Waals surface area contributed by atoms with Crippen molar-refractivity contribution < 1.29 is 10.0 Å². The van der Waals surface area contributed by atoms with Crippen LogP contribution < -0.4 is 5.46 Å².